The molecule has 0 spiro atoms. The van der Waals surface area contributed by atoms with Crippen LogP contribution in [0, 0.1) is 0 Å². The van der Waals surface area contributed by atoms with Crippen LogP contribution in [-0.2, 0) is 4.79 Å². The van der Waals surface area contributed by atoms with Gasteiger partial charge in [-0.15, -0.1) is 0 Å². The average molecular weight is 168 g/mol. The second kappa shape index (κ2) is 3.90. The molecule has 0 bridgehead atoms. The highest BCUT2D eigenvalue weighted by Gasteiger charge is 2.14. The summed E-state index contributed by atoms with van der Waals surface area (Å²) in [5.74, 6) is 0.0431. The zero-order chi connectivity index (χ0) is 8.97. The molecule has 1 N–H and O–H groups in total. The van der Waals surface area contributed by atoms with Gasteiger partial charge in [0.2, 0.25) is 0 Å². The molecular formula is C8H12N2O2. The molecule has 1 aliphatic heterocycles. The summed E-state index contributed by atoms with van der Waals surface area (Å²) >= 11 is 0. The maximum absolute atomic E-state index is 10.3. The van der Waals surface area contributed by atoms with Crippen molar-refractivity contribution in [3.63, 3.8) is 0 Å². The molecule has 0 aliphatic carbocycles. The topological polar surface area (TPSA) is 52.9 Å². The van der Waals surface area contributed by atoms with Gasteiger partial charge < -0.3 is 10.0 Å². The summed E-state index contributed by atoms with van der Waals surface area (Å²) in [5, 5.41) is 8.44. The molecular weight excluding hydrogens is 156 g/mol. The van der Waals surface area contributed by atoms with Crippen molar-refractivity contribution in [1.82, 2.24) is 4.90 Å². The molecule has 1 heterocycles. The van der Waals surface area contributed by atoms with Crippen LogP contribution in [0.2, 0.25) is 0 Å². The largest absolute Gasteiger partial charge is 0.481 e. The predicted octanol–water partition coefficient (Wildman–Crippen LogP) is 0.361. The lowest BCUT2D eigenvalue weighted by atomic mass is 10.3. The number of rotatable bonds is 4. The second-order valence-corrected chi connectivity index (χ2v) is 2.57. The number of hydrogen-bond acceptors (Lipinski definition) is 3. The van der Waals surface area contributed by atoms with E-state index in [2.05, 4.69) is 11.6 Å². The van der Waals surface area contributed by atoms with E-state index in [1.807, 2.05) is 4.90 Å². The summed E-state index contributed by atoms with van der Waals surface area (Å²) < 4.78 is 0. The number of amidine groups is 1. The Hall–Kier alpha value is -1.32. The molecule has 0 atom stereocenters. The molecule has 0 aromatic carbocycles. The number of hydrogen-bond donors (Lipinski definition) is 1. The minimum Gasteiger partial charge on any atom is -0.481 e. The Morgan fingerprint density at radius 3 is 3.17 bits per heavy atom. The number of carboxylic acids is 1. The van der Waals surface area contributed by atoms with Crippen LogP contribution < -0.4 is 0 Å². The molecule has 12 heavy (non-hydrogen) atoms. The quantitative estimate of drug-likeness (QED) is 0.659. The van der Waals surface area contributed by atoms with Gasteiger partial charge in [-0.05, 0) is 6.08 Å². The Morgan fingerprint density at radius 1 is 1.83 bits per heavy atom. The Labute approximate surface area is 71.2 Å². The first-order valence-corrected chi connectivity index (χ1v) is 3.87. The lowest BCUT2D eigenvalue weighted by molar-refractivity contribution is -0.137. The summed E-state index contributed by atoms with van der Waals surface area (Å²) in [6.45, 7) is 5.69. The van der Waals surface area contributed by atoms with E-state index in [-0.39, 0.29) is 6.42 Å². The molecule has 0 fully saturated rings. The van der Waals surface area contributed by atoms with Crippen molar-refractivity contribution in [1.29, 1.82) is 0 Å². The van der Waals surface area contributed by atoms with Crippen LogP contribution in [0.15, 0.2) is 17.6 Å². The van der Waals surface area contributed by atoms with E-state index < -0.39 is 5.97 Å². The molecule has 0 saturated carbocycles. The smallest absolute Gasteiger partial charge is 0.305 e. The van der Waals surface area contributed by atoms with Gasteiger partial charge in [0.25, 0.3) is 0 Å². The van der Waals surface area contributed by atoms with Crippen molar-refractivity contribution in [3.05, 3.63) is 12.7 Å². The van der Waals surface area contributed by atoms with E-state index in [0.717, 1.165) is 18.9 Å². The highest BCUT2D eigenvalue weighted by molar-refractivity contribution is 5.93. The first-order chi connectivity index (χ1) is 5.74. The van der Waals surface area contributed by atoms with Gasteiger partial charge in [-0.3, -0.25) is 9.79 Å². The van der Waals surface area contributed by atoms with Gasteiger partial charge in [0, 0.05) is 13.1 Å². The maximum atomic E-state index is 10.3. The molecule has 0 radical (unpaired) electrons. The second-order valence-electron chi connectivity index (χ2n) is 2.57. The van der Waals surface area contributed by atoms with Gasteiger partial charge in [-0.25, -0.2) is 0 Å². The molecule has 1 aliphatic rings. The summed E-state index contributed by atoms with van der Waals surface area (Å²) in [7, 11) is 0. The third-order valence-electron chi connectivity index (χ3n) is 1.75. The van der Waals surface area contributed by atoms with E-state index in [4.69, 9.17) is 5.11 Å². The third kappa shape index (κ3) is 2.08. The van der Waals surface area contributed by atoms with Gasteiger partial charge >= 0.3 is 5.97 Å². The zero-order valence-electron chi connectivity index (χ0n) is 6.86. The Balaban J connectivity index is 2.38. The third-order valence-corrected chi connectivity index (χ3v) is 1.75. The average Bonchev–Trinajstić information content (AvgIpc) is 2.47. The Kier molecular flexibility index (Phi) is 2.85. The van der Waals surface area contributed by atoms with Crippen molar-refractivity contribution in [2.75, 3.05) is 19.6 Å². The molecule has 0 aromatic rings. The molecule has 0 aromatic heterocycles. The van der Waals surface area contributed by atoms with Crippen LogP contribution in [0.5, 0.6) is 0 Å². The SMILES string of the molecule is C=CC1=NCCN1CCC(=O)O. The molecule has 66 valence electrons. The fourth-order valence-corrected chi connectivity index (χ4v) is 1.15. The van der Waals surface area contributed by atoms with Gasteiger partial charge in [-0.1, -0.05) is 6.58 Å². The maximum Gasteiger partial charge on any atom is 0.305 e. The zero-order valence-corrected chi connectivity index (χ0v) is 6.86. The van der Waals surface area contributed by atoms with Gasteiger partial charge in [-0.2, -0.15) is 0 Å². The fraction of sp³-hybridized carbons (Fsp3) is 0.500. The van der Waals surface area contributed by atoms with Gasteiger partial charge in [0.1, 0.15) is 5.84 Å². The van der Waals surface area contributed by atoms with Crippen LogP contribution >= 0.6 is 0 Å². The summed E-state index contributed by atoms with van der Waals surface area (Å²) in [6, 6.07) is 0. The molecule has 0 amide bonds. The first kappa shape index (κ1) is 8.77. The van der Waals surface area contributed by atoms with Crippen LogP contribution in [0.1, 0.15) is 6.42 Å². The monoisotopic (exact) mass is 168 g/mol. The lowest BCUT2D eigenvalue weighted by Gasteiger charge is -2.16. The van der Waals surface area contributed by atoms with E-state index in [9.17, 15) is 4.79 Å². The van der Waals surface area contributed by atoms with Crippen LogP contribution in [-0.4, -0.2) is 41.4 Å². The summed E-state index contributed by atoms with van der Waals surface area (Å²) in [5.41, 5.74) is 0. The Bertz CT molecular complexity index is 223. The highest BCUT2D eigenvalue weighted by Crippen LogP contribution is 2.02. The van der Waals surface area contributed by atoms with Crippen LogP contribution in [0.3, 0.4) is 0 Å². The number of nitrogens with zero attached hydrogens (tertiary/aromatic N) is 2. The van der Waals surface area contributed by atoms with E-state index in [1.54, 1.807) is 6.08 Å². The number of carbonyl (C=O) groups is 1. The summed E-state index contributed by atoms with van der Waals surface area (Å²) in [4.78, 5) is 16.3. The van der Waals surface area contributed by atoms with Gasteiger partial charge in [0.15, 0.2) is 0 Å². The lowest BCUT2D eigenvalue weighted by Crippen LogP contribution is -2.28. The number of carboxylic acid groups (broad SMARTS) is 1. The fourth-order valence-electron chi connectivity index (χ4n) is 1.15. The molecule has 0 unspecified atom stereocenters. The number of aliphatic carboxylic acids is 1. The van der Waals surface area contributed by atoms with Crippen molar-refractivity contribution >= 4 is 11.8 Å². The summed E-state index contributed by atoms with van der Waals surface area (Å²) in [6.07, 6.45) is 1.82. The Morgan fingerprint density at radius 2 is 2.58 bits per heavy atom. The van der Waals surface area contributed by atoms with Crippen molar-refractivity contribution < 1.29 is 9.90 Å². The first-order valence-electron chi connectivity index (χ1n) is 3.87. The standard InChI is InChI=1S/C8H12N2O2/c1-2-7-9-4-6-10(7)5-3-8(11)12/h2H,1,3-6H2,(H,11,12). The van der Waals surface area contributed by atoms with E-state index in [1.165, 1.54) is 0 Å². The van der Waals surface area contributed by atoms with Gasteiger partial charge in [0.05, 0.1) is 13.0 Å². The predicted molar refractivity (Wildman–Crippen MR) is 46.3 cm³/mol. The molecule has 1 rings (SSSR count). The molecule has 4 heteroatoms. The minimum atomic E-state index is -0.773. The van der Waals surface area contributed by atoms with Crippen LogP contribution in [0.25, 0.3) is 0 Å². The highest BCUT2D eigenvalue weighted by atomic mass is 16.4. The molecule has 0 saturated heterocycles. The van der Waals surface area contributed by atoms with Crippen LogP contribution in [0.4, 0.5) is 0 Å². The molecule has 4 nitrogen and oxygen atoms in total. The minimum absolute atomic E-state index is 0.160. The van der Waals surface area contributed by atoms with Crippen molar-refractivity contribution in [3.8, 4) is 0 Å². The normalized spacial score (nSPS) is 16.0. The number of aliphatic imine (C=N–C) groups is 1. The van der Waals surface area contributed by atoms with E-state index >= 15 is 0 Å². The van der Waals surface area contributed by atoms with Crippen molar-refractivity contribution in [2.45, 2.75) is 6.42 Å². The van der Waals surface area contributed by atoms with E-state index in [0.29, 0.717) is 6.54 Å². The van der Waals surface area contributed by atoms with Crippen molar-refractivity contribution in [2.24, 2.45) is 4.99 Å².